The predicted octanol–water partition coefficient (Wildman–Crippen LogP) is 3.29. The molecule has 1 N–H and O–H groups in total. The highest BCUT2D eigenvalue weighted by Gasteiger charge is 2.66. The van der Waals surface area contributed by atoms with Crippen molar-refractivity contribution in [2.45, 2.75) is 32.6 Å². The van der Waals surface area contributed by atoms with Crippen molar-refractivity contribution in [2.75, 3.05) is 0 Å². The molecule has 0 spiro atoms. The third kappa shape index (κ3) is 1.44. The van der Waals surface area contributed by atoms with Crippen molar-refractivity contribution in [3.05, 3.63) is 35.9 Å². The van der Waals surface area contributed by atoms with Gasteiger partial charge in [-0.1, -0.05) is 44.2 Å². The van der Waals surface area contributed by atoms with E-state index in [1.165, 1.54) is 5.56 Å². The van der Waals surface area contributed by atoms with Crippen LogP contribution in [0.15, 0.2) is 30.3 Å². The van der Waals surface area contributed by atoms with Crippen LogP contribution in [-0.4, -0.2) is 11.1 Å². The first-order chi connectivity index (χ1) is 7.67. The SMILES string of the molecule is CCC1(CC)[C@@H](C(=O)O)[C@@H]1c1ccccc1. The van der Waals surface area contributed by atoms with Gasteiger partial charge in [0.1, 0.15) is 0 Å². The molecule has 86 valence electrons. The number of aliphatic carboxylic acids is 1. The van der Waals surface area contributed by atoms with Crippen molar-refractivity contribution in [3.63, 3.8) is 0 Å². The van der Waals surface area contributed by atoms with Gasteiger partial charge in [0, 0.05) is 5.92 Å². The Balaban J connectivity index is 2.33. The van der Waals surface area contributed by atoms with Crippen LogP contribution < -0.4 is 0 Å². The lowest BCUT2D eigenvalue weighted by Crippen LogP contribution is -2.08. The minimum atomic E-state index is -0.641. The van der Waals surface area contributed by atoms with Gasteiger partial charge in [0.2, 0.25) is 0 Å². The average Bonchev–Trinajstić information content (AvgIpc) is 3.00. The molecule has 1 aromatic carbocycles. The van der Waals surface area contributed by atoms with Gasteiger partial charge in [0.15, 0.2) is 0 Å². The van der Waals surface area contributed by atoms with E-state index >= 15 is 0 Å². The van der Waals surface area contributed by atoms with Crippen molar-refractivity contribution in [1.82, 2.24) is 0 Å². The number of hydrogen-bond acceptors (Lipinski definition) is 1. The fourth-order valence-corrected chi connectivity index (χ4v) is 3.19. The average molecular weight is 218 g/mol. The van der Waals surface area contributed by atoms with Crippen molar-refractivity contribution in [1.29, 1.82) is 0 Å². The number of benzene rings is 1. The Hall–Kier alpha value is -1.31. The molecule has 16 heavy (non-hydrogen) atoms. The van der Waals surface area contributed by atoms with Gasteiger partial charge in [-0.3, -0.25) is 4.79 Å². The Morgan fingerprint density at radius 1 is 1.25 bits per heavy atom. The lowest BCUT2D eigenvalue weighted by Gasteiger charge is -2.11. The summed E-state index contributed by atoms with van der Waals surface area (Å²) in [5.74, 6) is -0.622. The summed E-state index contributed by atoms with van der Waals surface area (Å²) >= 11 is 0. The van der Waals surface area contributed by atoms with Crippen LogP contribution in [0.4, 0.5) is 0 Å². The van der Waals surface area contributed by atoms with Crippen LogP contribution in [0, 0.1) is 11.3 Å². The minimum Gasteiger partial charge on any atom is -0.481 e. The first kappa shape index (κ1) is 11.2. The van der Waals surface area contributed by atoms with Crippen molar-refractivity contribution in [2.24, 2.45) is 11.3 Å². The number of carbonyl (C=O) groups is 1. The zero-order chi connectivity index (χ0) is 11.8. The molecule has 0 heterocycles. The molecule has 1 aliphatic carbocycles. The van der Waals surface area contributed by atoms with E-state index in [2.05, 4.69) is 13.8 Å². The monoisotopic (exact) mass is 218 g/mol. The van der Waals surface area contributed by atoms with Gasteiger partial charge in [-0.05, 0) is 23.8 Å². The standard InChI is InChI=1S/C14H18O2/c1-3-14(4-2)11(12(14)13(15)16)10-8-6-5-7-9-10/h5-9,11-12H,3-4H2,1-2H3,(H,15,16)/t11-,12+/m0/s1. The van der Waals surface area contributed by atoms with Gasteiger partial charge in [-0.2, -0.15) is 0 Å². The van der Waals surface area contributed by atoms with Crippen LogP contribution in [0.2, 0.25) is 0 Å². The molecule has 0 saturated heterocycles. The van der Waals surface area contributed by atoms with Crippen LogP contribution in [0.3, 0.4) is 0 Å². The van der Waals surface area contributed by atoms with Crippen LogP contribution in [-0.2, 0) is 4.79 Å². The number of carboxylic acid groups (broad SMARTS) is 1. The third-order valence-electron chi connectivity index (χ3n) is 4.20. The molecule has 2 nitrogen and oxygen atoms in total. The summed E-state index contributed by atoms with van der Waals surface area (Å²) in [6.45, 7) is 4.20. The fraction of sp³-hybridized carbons (Fsp3) is 0.500. The molecule has 2 heteroatoms. The molecule has 1 aliphatic rings. The van der Waals surface area contributed by atoms with E-state index in [0.29, 0.717) is 0 Å². The summed E-state index contributed by atoms with van der Waals surface area (Å²) in [6, 6.07) is 10.0. The Morgan fingerprint density at radius 3 is 2.19 bits per heavy atom. The molecule has 0 aliphatic heterocycles. The maximum absolute atomic E-state index is 11.3. The highest BCUT2D eigenvalue weighted by Crippen LogP contribution is 2.68. The van der Waals surface area contributed by atoms with E-state index in [0.717, 1.165) is 12.8 Å². The highest BCUT2D eigenvalue weighted by molar-refractivity contribution is 5.78. The van der Waals surface area contributed by atoms with E-state index in [1.807, 2.05) is 30.3 Å². The van der Waals surface area contributed by atoms with E-state index in [9.17, 15) is 9.90 Å². The lowest BCUT2D eigenvalue weighted by molar-refractivity contribution is -0.139. The van der Waals surface area contributed by atoms with Crippen molar-refractivity contribution in [3.8, 4) is 0 Å². The molecule has 1 saturated carbocycles. The summed E-state index contributed by atoms with van der Waals surface area (Å²) in [5.41, 5.74) is 1.17. The summed E-state index contributed by atoms with van der Waals surface area (Å²) in [4.78, 5) is 11.3. The second kappa shape index (κ2) is 3.93. The number of rotatable bonds is 4. The maximum atomic E-state index is 11.3. The lowest BCUT2D eigenvalue weighted by atomic mass is 9.93. The molecule has 2 rings (SSSR count). The summed E-state index contributed by atoms with van der Waals surface area (Å²) in [5, 5.41) is 9.28. The van der Waals surface area contributed by atoms with Crippen molar-refractivity contribution >= 4 is 5.97 Å². The topological polar surface area (TPSA) is 37.3 Å². The Morgan fingerprint density at radius 2 is 1.81 bits per heavy atom. The largest absolute Gasteiger partial charge is 0.481 e. The quantitative estimate of drug-likeness (QED) is 0.842. The fourth-order valence-electron chi connectivity index (χ4n) is 3.19. The summed E-state index contributed by atoms with van der Waals surface area (Å²) < 4.78 is 0. The van der Waals surface area contributed by atoms with E-state index < -0.39 is 5.97 Å². The zero-order valence-electron chi connectivity index (χ0n) is 9.81. The molecule has 0 amide bonds. The maximum Gasteiger partial charge on any atom is 0.307 e. The first-order valence-corrected chi connectivity index (χ1v) is 5.95. The molecule has 0 radical (unpaired) electrons. The van der Waals surface area contributed by atoms with Crippen LogP contribution in [0.1, 0.15) is 38.2 Å². The van der Waals surface area contributed by atoms with Gasteiger partial charge in [-0.15, -0.1) is 0 Å². The number of hydrogen-bond donors (Lipinski definition) is 1. The summed E-state index contributed by atoms with van der Waals surface area (Å²) in [6.07, 6.45) is 1.89. The molecule has 2 atom stereocenters. The normalized spacial score (nSPS) is 26.4. The zero-order valence-corrected chi connectivity index (χ0v) is 9.81. The smallest absolute Gasteiger partial charge is 0.307 e. The third-order valence-corrected chi connectivity index (χ3v) is 4.20. The molecule has 0 unspecified atom stereocenters. The van der Waals surface area contributed by atoms with Crippen LogP contribution >= 0.6 is 0 Å². The molecular formula is C14H18O2. The molecule has 0 bridgehead atoms. The second-order valence-corrected chi connectivity index (χ2v) is 4.64. The van der Waals surface area contributed by atoms with Gasteiger partial charge in [0.05, 0.1) is 5.92 Å². The van der Waals surface area contributed by atoms with E-state index in [-0.39, 0.29) is 17.3 Å². The second-order valence-electron chi connectivity index (χ2n) is 4.64. The minimum absolute atomic E-state index is 0.00676. The Bertz CT molecular complexity index is 379. The van der Waals surface area contributed by atoms with Gasteiger partial charge in [-0.25, -0.2) is 0 Å². The first-order valence-electron chi connectivity index (χ1n) is 5.95. The van der Waals surface area contributed by atoms with Gasteiger partial charge < -0.3 is 5.11 Å². The van der Waals surface area contributed by atoms with Gasteiger partial charge in [0.25, 0.3) is 0 Å². The predicted molar refractivity (Wildman–Crippen MR) is 63.3 cm³/mol. The Labute approximate surface area is 96.3 Å². The molecular weight excluding hydrogens is 200 g/mol. The van der Waals surface area contributed by atoms with Crippen LogP contribution in [0.25, 0.3) is 0 Å². The molecule has 1 aromatic rings. The highest BCUT2D eigenvalue weighted by atomic mass is 16.4. The van der Waals surface area contributed by atoms with E-state index in [4.69, 9.17) is 0 Å². The van der Waals surface area contributed by atoms with Gasteiger partial charge >= 0.3 is 5.97 Å². The van der Waals surface area contributed by atoms with Crippen LogP contribution in [0.5, 0.6) is 0 Å². The summed E-state index contributed by atoms with van der Waals surface area (Å²) in [7, 11) is 0. The van der Waals surface area contributed by atoms with Crippen molar-refractivity contribution < 1.29 is 9.90 Å². The molecule has 0 aromatic heterocycles. The Kier molecular flexibility index (Phi) is 2.75. The molecule has 1 fully saturated rings. The van der Waals surface area contributed by atoms with E-state index in [1.54, 1.807) is 0 Å². The number of carboxylic acids is 1.